The monoisotopic (exact) mass is 410 g/mol. The standard InChI is InChI=1S/C23H26N2O3S/c1-2-3-9-14-28-19(26)15-25-21(16-10-5-4-6-11-16)24-22-20(23(25)27)17-12-7-8-13-18(17)29-22/h4-6,10-11H,2-3,7-9,12-15H2,1H3. The fourth-order valence-corrected chi connectivity index (χ4v) is 5.16. The summed E-state index contributed by atoms with van der Waals surface area (Å²) >= 11 is 1.63. The quantitative estimate of drug-likeness (QED) is 0.417. The van der Waals surface area contributed by atoms with Gasteiger partial charge < -0.3 is 4.74 Å². The van der Waals surface area contributed by atoms with Crippen LogP contribution in [0.2, 0.25) is 0 Å². The molecule has 0 spiro atoms. The smallest absolute Gasteiger partial charge is 0.326 e. The van der Waals surface area contributed by atoms with Gasteiger partial charge in [-0.25, -0.2) is 4.98 Å². The first kappa shape index (κ1) is 19.8. The molecule has 0 bridgehead atoms. The van der Waals surface area contributed by atoms with E-state index >= 15 is 0 Å². The number of aryl methyl sites for hydroxylation is 2. The second-order valence-corrected chi connectivity index (χ2v) is 8.59. The van der Waals surface area contributed by atoms with Gasteiger partial charge in [0.1, 0.15) is 17.2 Å². The summed E-state index contributed by atoms with van der Waals surface area (Å²) in [5.41, 5.74) is 1.84. The topological polar surface area (TPSA) is 61.2 Å². The molecule has 0 saturated heterocycles. The molecule has 1 aromatic carbocycles. The number of ether oxygens (including phenoxy) is 1. The van der Waals surface area contributed by atoms with E-state index in [4.69, 9.17) is 9.72 Å². The second-order valence-electron chi connectivity index (χ2n) is 7.51. The Morgan fingerprint density at radius 2 is 1.97 bits per heavy atom. The lowest BCUT2D eigenvalue weighted by Crippen LogP contribution is -2.28. The number of nitrogens with zero attached hydrogens (tertiary/aromatic N) is 2. The fourth-order valence-electron chi connectivity index (χ4n) is 3.91. The molecule has 29 heavy (non-hydrogen) atoms. The average molecular weight is 411 g/mol. The Kier molecular flexibility index (Phi) is 6.09. The van der Waals surface area contributed by atoms with Crippen LogP contribution >= 0.6 is 11.3 Å². The number of hydrogen-bond donors (Lipinski definition) is 0. The van der Waals surface area contributed by atoms with Gasteiger partial charge in [0, 0.05) is 10.4 Å². The Morgan fingerprint density at radius 1 is 1.17 bits per heavy atom. The number of fused-ring (bicyclic) bond motifs is 3. The molecule has 2 heterocycles. The first-order valence-electron chi connectivity index (χ1n) is 10.4. The highest BCUT2D eigenvalue weighted by Crippen LogP contribution is 2.34. The average Bonchev–Trinajstić information content (AvgIpc) is 3.12. The normalized spacial score (nSPS) is 13.4. The van der Waals surface area contributed by atoms with Gasteiger partial charge in [-0.05, 0) is 37.7 Å². The van der Waals surface area contributed by atoms with Crippen LogP contribution in [-0.2, 0) is 28.9 Å². The fraction of sp³-hybridized carbons (Fsp3) is 0.435. The summed E-state index contributed by atoms with van der Waals surface area (Å²) in [6.07, 6.45) is 7.12. The number of esters is 1. The summed E-state index contributed by atoms with van der Waals surface area (Å²) in [7, 11) is 0. The van der Waals surface area contributed by atoms with E-state index in [1.807, 2.05) is 30.3 Å². The van der Waals surface area contributed by atoms with Crippen molar-refractivity contribution in [1.82, 2.24) is 9.55 Å². The van der Waals surface area contributed by atoms with E-state index in [1.54, 1.807) is 11.3 Å². The molecule has 5 nitrogen and oxygen atoms in total. The van der Waals surface area contributed by atoms with Gasteiger partial charge >= 0.3 is 5.97 Å². The van der Waals surface area contributed by atoms with E-state index in [9.17, 15) is 9.59 Å². The molecule has 0 amide bonds. The zero-order chi connectivity index (χ0) is 20.2. The number of thiophene rings is 1. The van der Waals surface area contributed by atoms with E-state index in [0.29, 0.717) is 17.8 Å². The van der Waals surface area contributed by atoms with Crippen molar-refractivity contribution in [2.75, 3.05) is 6.61 Å². The largest absolute Gasteiger partial charge is 0.464 e. The van der Waals surface area contributed by atoms with Gasteiger partial charge in [-0.3, -0.25) is 14.2 Å². The van der Waals surface area contributed by atoms with Gasteiger partial charge in [0.15, 0.2) is 0 Å². The zero-order valence-corrected chi connectivity index (χ0v) is 17.6. The maximum absolute atomic E-state index is 13.5. The lowest BCUT2D eigenvalue weighted by Gasteiger charge is -2.14. The van der Waals surface area contributed by atoms with Crippen molar-refractivity contribution in [3.8, 4) is 11.4 Å². The van der Waals surface area contributed by atoms with Crippen molar-refractivity contribution >= 4 is 27.5 Å². The third-order valence-electron chi connectivity index (χ3n) is 5.40. The van der Waals surface area contributed by atoms with Crippen LogP contribution in [0.15, 0.2) is 35.1 Å². The molecule has 0 radical (unpaired) electrons. The predicted molar refractivity (Wildman–Crippen MR) is 116 cm³/mol. The Hall–Kier alpha value is -2.47. The molecule has 2 aromatic heterocycles. The number of benzene rings is 1. The second kappa shape index (κ2) is 8.91. The van der Waals surface area contributed by atoms with Crippen molar-refractivity contribution in [2.24, 2.45) is 0 Å². The molecule has 0 fully saturated rings. The lowest BCUT2D eigenvalue weighted by atomic mass is 9.97. The molecular formula is C23H26N2O3S. The Balaban J connectivity index is 1.76. The predicted octanol–water partition coefficient (Wildman–Crippen LogP) is 4.74. The van der Waals surface area contributed by atoms with Crippen LogP contribution in [0, 0.1) is 0 Å². The van der Waals surface area contributed by atoms with E-state index < -0.39 is 0 Å². The summed E-state index contributed by atoms with van der Waals surface area (Å²) in [6, 6.07) is 9.60. The van der Waals surface area contributed by atoms with Gasteiger partial charge in [-0.15, -0.1) is 11.3 Å². The molecule has 0 N–H and O–H groups in total. The van der Waals surface area contributed by atoms with Gasteiger partial charge in [0.25, 0.3) is 5.56 Å². The van der Waals surface area contributed by atoms with Crippen LogP contribution in [0.5, 0.6) is 0 Å². The minimum atomic E-state index is -0.384. The summed E-state index contributed by atoms with van der Waals surface area (Å²) < 4.78 is 6.88. The maximum Gasteiger partial charge on any atom is 0.326 e. The number of carbonyl (C=O) groups excluding carboxylic acids is 1. The third-order valence-corrected chi connectivity index (χ3v) is 6.59. The maximum atomic E-state index is 13.5. The molecule has 3 aromatic rings. The minimum absolute atomic E-state index is 0.108. The Labute approximate surface area is 174 Å². The summed E-state index contributed by atoms with van der Waals surface area (Å²) in [6.45, 7) is 2.39. The highest BCUT2D eigenvalue weighted by atomic mass is 32.1. The number of hydrogen-bond acceptors (Lipinski definition) is 5. The zero-order valence-electron chi connectivity index (χ0n) is 16.8. The molecule has 4 rings (SSSR count). The van der Waals surface area contributed by atoms with Gasteiger partial charge in [-0.2, -0.15) is 0 Å². The number of aromatic nitrogens is 2. The molecular weight excluding hydrogens is 384 g/mol. The van der Waals surface area contributed by atoms with E-state index in [2.05, 4.69) is 6.92 Å². The van der Waals surface area contributed by atoms with Gasteiger partial charge in [-0.1, -0.05) is 50.1 Å². The SMILES string of the molecule is CCCCCOC(=O)Cn1c(-c2ccccc2)nc2sc3c(c2c1=O)CCCC3. The molecule has 6 heteroatoms. The van der Waals surface area contributed by atoms with E-state index in [-0.39, 0.29) is 18.1 Å². The summed E-state index contributed by atoms with van der Waals surface area (Å²) in [5.74, 6) is 0.151. The highest BCUT2D eigenvalue weighted by Gasteiger charge is 2.23. The van der Waals surface area contributed by atoms with Crippen molar-refractivity contribution in [2.45, 2.75) is 58.4 Å². The van der Waals surface area contributed by atoms with Gasteiger partial charge in [0.05, 0.1) is 12.0 Å². The van der Waals surface area contributed by atoms with Crippen molar-refractivity contribution in [3.63, 3.8) is 0 Å². The Morgan fingerprint density at radius 3 is 2.76 bits per heavy atom. The minimum Gasteiger partial charge on any atom is -0.464 e. The van der Waals surface area contributed by atoms with Crippen LogP contribution in [0.25, 0.3) is 21.6 Å². The summed E-state index contributed by atoms with van der Waals surface area (Å²) in [4.78, 5) is 32.9. The molecule has 152 valence electrons. The van der Waals surface area contributed by atoms with E-state index in [1.165, 1.54) is 9.44 Å². The van der Waals surface area contributed by atoms with Crippen LogP contribution in [0.1, 0.15) is 49.5 Å². The molecule has 0 saturated carbocycles. The number of carbonyl (C=O) groups is 1. The van der Waals surface area contributed by atoms with Crippen LogP contribution in [0.4, 0.5) is 0 Å². The van der Waals surface area contributed by atoms with Crippen LogP contribution < -0.4 is 5.56 Å². The first-order valence-corrected chi connectivity index (χ1v) is 11.3. The third kappa shape index (κ3) is 4.13. The highest BCUT2D eigenvalue weighted by molar-refractivity contribution is 7.18. The van der Waals surface area contributed by atoms with Crippen LogP contribution in [0.3, 0.4) is 0 Å². The molecule has 0 unspecified atom stereocenters. The number of unbranched alkanes of at least 4 members (excludes halogenated alkanes) is 2. The lowest BCUT2D eigenvalue weighted by molar-refractivity contribution is -0.144. The molecule has 0 aliphatic heterocycles. The molecule has 1 aliphatic carbocycles. The summed E-state index contributed by atoms with van der Waals surface area (Å²) in [5, 5.41) is 0.697. The van der Waals surface area contributed by atoms with Crippen molar-refractivity contribution in [1.29, 1.82) is 0 Å². The molecule has 1 aliphatic rings. The first-order chi connectivity index (χ1) is 14.2. The van der Waals surface area contributed by atoms with E-state index in [0.717, 1.165) is 60.9 Å². The van der Waals surface area contributed by atoms with Gasteiger partial charge in [0.2, 0.25) is 0 Å². The van der Waals surface area contributed by atoms with Crippen molar-refractivity contribution < 1.29 is 9.53 Å². The molecule has 0 atom stereocenters. The van der Waals surface area contributed by atoms with Crippen molar-refractivity contribution in [3.05, 3.63) is 51.1 Å². The number of rotatable bonds is 7. The Bertz CT molecular complexity index is 1070. The van der Waals surface area contributed by atoms with Crippen LogP contribution in [-0.4, -0.2) is 22.1 Å².